The zero-order chi connectivity index (χ0) is 14.7. The maximum absolute atomic E-state index is 11.1. The molecule has 0 aliphatic heterocycles. The summed E-state index contributed by atoms with van der Waals surface area (Å²) in [7, 11) is 0. The Kier molecular flexibility index (Phi) is 3.74. The van der Waals surface area contributed by atoms with Gasteiger partial charge in [-0.2, -0.15) is 0 Å². The average molecular weight is 275 g/mol. The zero-order valence-corrected chi connectivity index (χ0v) is 11.0. The lowest BCUT2D eigenvalue weighted by molar-refractivity contribution is -0.132. The predicted molar refractivity (Wildman–Crippen MR) is 71.4 cm³/mol. The summed E-state index contributed by atoms with van der Waals surface area (Å²) >= 11 is 0. The highest BCUT2D eigenvalue weighted by molar-refractivity contribution is 5.91. The van der Waals surface area contributed by atoms with Crippen molar-refractivity contribution < 1.29 is 23.8 Å². The summed E-state index contributed by atoms with van der Waals surface area (Å²) < 4.78 is 10.3. The Morgan fingerprint density at radius 2 is 1.85 bits per heavy atom. The first-order valence-electron chi connectivity index (χ1n) is 5.86. The van der Waals surface area contributed by atoms with Gasteiger partial charge < -0.3 is 14.3 Å². The fourth-order valence-corrected chi connectivity index (χ4v) is 1.67. The third kappa shape index (κ3) is 2.80. The molecule has 0 fully saturated rings. The molecule has 6 nitrogen and oxygen atoms in total. The number of nitrogens with one attached hydrogen (secondary N) is 1. The molecule has 0 saturated heterocycles. The minimum atomic E-state index is -0.632. The number of ether oxygens (including phenoxy) is 1. The number of anilines is 1. The lowest BCUT2D eigenvalue weighted by Crippen LogP contribution is -2.08. The first-order chi connectivity index (χ1) is 9.49. The van der Waals surface area contributed by atoms with Crippen molar-refractivity contribution in [2.75, 3.05) is 5.32 Å². The smallest absolute Gasteiger partial charge is 0.308 e. The van der Waals surface area contributed by atoms with Crippen LogP contribution in [0.25, 0.3) is 11.3 Å². The normalized spacial score (nSPS) is 10.1. The molecule has 1 amide bonds. The van der Waals surface area contributed by atoms with E-state index in [0.29, 0.717) is 5.56 Å². The summed E-state index contributed by atoms with van der Waals surface area (Å²) in [5.74, 6) is -1.57. The summed E-state index contributed by atoms with van der Waals surface area (Å²) in [6.45, 7) is 2.46. The van der Waals surface area contributed by atoms with Gasteiger partial charge in [0, 0.05) is 19.4 Å². The molecule has 0 atom stereocenters. The maximum atomic E-state index is 11.1. The van der Waals surface area contributed by atoms with Crippen molar-refractivity contribution >= 4 is 17.8 Å². The van der Waals surface area contributed by atoms with E-state index in [4.69, 9.17) is 9.15 Å². The van der Waals surface area contributed by atoms with Crippen molar-refractivity contribution in [3.8, 4) is 22.8 Å². The predicted octanol–water partition coefficient (Wildman–Crippen LogP) is 2.54. The topological polar surface area (TPSA) is 88.8 Å². The third-order valence-electron chi connectivity index (χ3n) is 2.41. The molecule has 0 spiro atoms. The second kappa shape index (κ2) is 5.48. The monoisotopic (exact) mass is 275 g/mol. The van der Waals surface area contributed by atoms with Crippen LogP contribution in [0.15, 0.2) is 34.7 Å². The van der Waals surface area contributed by atoms with Crippen LogP contribution in [0.4, 0.5) is 5.88 Å². The van der Waals surface area contributed by atoms with Crippen molar-refractivity contribution in [2.24, 2.45) is 0 Å². The second-order valence-corrected chi connectivity index (χ2v) is 4.08. The molecule has 0 bridgehead atoms. The molecule has 0 unspecified atom stereocenters. The fraction of sp³-hybridized carbons (Fsp3) is 0.143. The number of benzene rings is 1. The number of carbonyl (C=O) groups excluding carboxylic acids is 2. The molecule has 1 heterocycles. The van der Waals surface area contributed by atoms with Crippen LogP contribution in [0.2, 0.25) is 0 Å². The van der Waals surface area contributed by atoms with Gasteiger partial charge in [0.05, 0.1) is 0 Å². The molecular formula is C14H13NO5. The Hall–Kier alpha value is -2.76. The summed E-state index contributed by atoms with van der Waals surface area (Å²) in [6.07, 6.45) is 0. The number of amides is 1. The van der Waals surface area contributed by atoms with Crippen molar-refractivity contribution in [3.05, 3.63) is 30.3 Å². The Morgan fingerprint density at radius 3 is 2.40 bits per heavy atom. The lowest BCUT2D eigenvalue weighted by Gasteiger charge is -2.01. The van der Waals surface area contributed by atoms with E-state index < -0.39 is 11.9 Å². The van der Waals surface area contributed by atoms with Gasteiger partial charge in [0.1, 0.15) is 0 Å². The summed E-state index contributed by atoms with van der Waals surface area (Å²) in [6, 6.07) is 8.77. The van der Waals surface area contributed by atoms with Gasteiger partial charge in [-0.1, -0.05) is 30.3 Å². The van der Waals surface area contributed by atoms with Crippen LogP contribution in [-0.4, -0.2) is 17.0 Å². The molecule has 1 aromatic heterocycles. The standard InChI is InChI=1S/C14H13NO5/c1-8(16)15-14-13(19-9(2)17)11(18)12(20-14)10-6-4-3-5-7-10/h3-7,18H,1-2H3,(H,15,16). The maximum Gasteiger partial charge on any atom is 0.308 e. The van der Waals surface area contributed by atoms with E-state index in [1.807, 2.05) is 6.07 Å². The number of aromatic hydroxyl groups is 1. The highest BCUT2D eigenvalue weighted by Gasteiger charge is 2.24. The van der Waals surface area contributed by atoms with Gasteiger partial charge in [-0.15, -0.1) is 0 Å². The van der Waals surface area contributed by atoms with E-state index in [0.717, 1.165) is 0 Å². The van der Waals surface area contributed by atoms with Crippen molar-refractivity contribution in [2.45, 2.75) is 13.8 Å². The number of furan rings is 1. The highest BCUT2D eigenvalue weighted by Crippen LogP contribution is 2.46. The van der Waals surface area contributed by atoms with Gasteiger partial charge in [0.25, 0.3) is 0 Å². The molecule has 1 aromatic carbocycles. The second-order valence-electron chi connectivity index (χ2n) is 4.08. The minimum Gasteiger partial charge on any atom is -0.502 e. The molecular weight excluding hydrogens is 262 g/mol. The van der Waals surface area contributed by atoms with Gasteiger partial charge in [-0.25, -0.2) is 0 Å². The fourth-order valence-electron chi connectivity index (χ4n) is 1.67. The molecule has 20 heavy (non-hydrogen) atoms. The lowest BCUT2D eigenvalue weighted by atomic mass is 10.1. The van der Waals surface area contributed by atoms with Gasteiger partial charge in [-0.3, -0.25) is 14.9 Å². The van der Waals surface area contributed by atoms with Crippen LogP contribution in [-0.2, 0) is 9.59 Å². The summed E-state index contributed by atoms with van der Waals surface area (Å²) in [4.78, 5) is 22.2. The molecule has 2 rings (SSSR count). The number of esters is 1. The molecule has 0 radical (unpaired) electrons. The Bertz CT molecular complexity index is 645. The van der Waals surface area contributed by atoms with Crippen molar-refractivity contribution in [1.29, 1.82) is 0 Å². The van der Waals surface area contributed by atoms with Crippen molar-refractivity contribution in [3.63, 3.8) is 0 Å². The molecule has 0 saturated carbocycles. The van der Waals surface area contributed by atoms with E-state index in [9.17, 15) is 14.7 Å². The Balaban J connectivity index is 2.52. The number of rotatable bonds is 3. The zero-order valence-electron chi connectivity index (χ0n) is 11.0. The van der Waals surface area contributed by atoms with Crippen LogP contribution in [0.3, 0.4) is 0 Å². The van der Waals surface area contributed by atoms with Gasteiger partial charge in [0.15, 0.2) is 5.76 Å². The van der Waals surface area contributed by atoms with Gasteiger partial charge in [-0.05, 0) is 0 Å². The third-order valence-corrected chi connectivity index (χ3v) is 2.41. The van der Waals surface area contributed by atoms with Crippen LogP contribution in [0.1, 0.15) is 13.8 Å². The van der Waals surface area contributed by atoms with E-state index >= 15 is 0 Å². The number of hydrogen-bond donors (Lipinski definition) is 2. The summed E-state index contributed by atoms with van der Waals surface area (Å²) in [5.41, 5.74) is 0.593. The first-order valence-corrected chi connectivity index (χ1v) is 5.86. The first kappa shape index (κ1) is 13.7. The molecule has 6 heteroatoms. The van der Waals surface area contributed by atoms with E-state index in [1.54, 1.807) is 24.3 Å². The quantitative estimate of drug-likeness (QED) is 0.840. The van der Waals surface area contributed by atoms with E-state index in [-0.39, 0.29) is 23.1 Å². The van der Waals surface area contributed by atoms with Crippen LogP contribution in [0, 0.1) is 0 Å². The molecule has 2 aromatic rings. The Morgan fingerprint density at radius 1 is 1.20 bits per heavy atom. The summed E-state index contributed by atoms with van der Waals surface area (Å²) in [5, 5.41) is 12.5. The number of carbonyl (C=O) groups is 2. The van der Waals surface area contributed by atoms with E-state index in [2.05, 4.69) is 5.32 Å². The van der Waals surface area contributed by atoms with E-state index in [1.165, 1.54) is 13.8 Å². The highest BCUT2D eigenvalue weighted by atomic mass is 16.6. The molecule has 2 N–H and O–H groups in total. The van der Waals surface area contributed by atoms with Crippen LogP contribution in [0.5, 0.6) is 11.5 Å². The molecule has 0 aliphatic carbocycles. The molecule has 104 valence electrons. The number of hydrogen-bond acceptors (Lipinski definition) is 5. The van der Waals surface area contributed by atoms with Gasteiger partial charge in [0.2, 0.25) is 23.3 Å². The van der Waals surface area contributed by atoms with Gasteiger partial charge >= 0.3 is 5.97 Å². The van der Waals surface area contributed by atoms with Crippen LogP contribution >= 0.6 is 0 Å². The van der Waals surface area contributed by atoms with Crippen molar-refractivity contribution in [1.82, 2.24) is 0 Å². The molecule has 0 aliphatic rings. The average Bonchev–Trinajstić information content (AvgIpc) is 2.67. The van der Waals surface area contributed by atoms with Crippen LogP contribution < -0.4 is 10.1 Å². The SMILES string of the molecule is CC(=O)Nc1oc(-c2ccccc2)c(O)c1OC(C)=O. The largest absolute Gasteiger partial charge is 0.502 e. The minimum absolute atomic E-state index is 0.107. The Labute approximate surface area is 115 Å².